The highest BCUT2D eigenvalue weighted by atomic mass is 79.9. The molecule has 0 bridgehead atoms. The van der Waals surface area contributed by atoms with Gasteiger partial charge in [-0.15, -0.1) is 11.3 Å². The zero-order valence-electron chi connectivity index (χ0n) is 10.7. The lowest BCUT2D eigenvalue weighted by atomic mass is 10.1. The molecule has 17 heavy (non-hydrogen) atoms. The van der Waals surface area contributed by atoms with Gasteiger partial charge in [-0.2, -0.15) is 0 Å². The van der Waals surface area contributed by atoms with Crippen LogP contribution in [0.5, 0.6) is 5.75 Å². The average Bonchev–Trinajstić information content (AvgIpc) is 2.73. The standard InChI is InChI=1S/C14H23BrOS/c1-2-3-4-5-6-7-8-9-10-16-13-11-14(15)17-12-13/h11-12H,2-10H2,1H3. The Morgan fingerprint density at radius 1 is 1.06 bits per heavy atom. The van der Waals surface area contributed by atoms with E-state index in [1.54, 1.807) is 11.3 Å². The zero-order chi connectivity index (χ0) is 12.3. The van der Waals surface area contributed by atoms with Gasteiger partial charge in [0.25, 0.3) is 0 Å². The summed E-state index contributed by atoms with van der Waals surface area (Å²) < 4.78 is 6.79. The lowest BCUT2D eigenvalue weighted by molar-refractivity contribution is 0.305. The van der Waals surface area contributed by atoms with Crippen LogP contribution >= 0.6 is 27.3 Å². The van der Waals surface area contributed by atoms with Crippen LogP contribution in [0.3, 0.4) is 0 Å². The maximum absolute atomic E-state index is 5.65. The van der Waals surface area contributed by atoms with E-state index in [9.17, 15) is 0 Å². The first-order valence-electron chi connectivity index (χ1n) is 6.69. The summed E-state index contributed by atoms with van der Waals surface area (Å²) in [6.07, 6.45) is 10.8. The second-order valence-corrected chi connectivity index (χ2v) is 6.70. The van der Waals surface area contributed by atoms with Crippen LogP contribution in [0.25, 0.3) is 0 Å². The van der Waals surface area contributed by atoms with Crippen molar-refractivity contribution < 1.29 is 4.74 Å². The molecule has 1 aromatic heterocycles. The molecule has 98 valence electrons. The second-order valence-electron chi connectivity index (χ2n) is 4.41. The number of ether oxygens (including phenoxy) is 1. The topological polar surface area (TPSA) is 9.23 Å². The Hall–Kier alpha value is -0.0200. The first-order valence-corrected chi connectivity index (χ1v) is 8.37. The van der Waals surface area contributed by atoms with Crippen molar-refractivity contribution in [2.24, 2.45) is 0 Å². The third-order valence-corrected chi connectivity index (χ3v) is 4.29. The van der Waals surface area contributed by atoms with E-state index in [1.165, 1.54) is 51.4 Å². The Morgan fingerprint density at radius 2 is 1.71 bits per heavy atom. The van der Waals surface area contributed by atoms with Crippen molar-refractivity contribution in [2.75, 3.05) is 6.61 Å². The van der Waals surface area contributed by atoms with Crippen LogP contribution < -0.4 is 4.74 Å². The van der Waals surface area contributed by atoms with Crippen LogP contribution in [0.4, 0.5) is 0 Å². The third-order valence-electron chi connectivity index (χ3n) is 2.81. The van der Waals surface area contributed by atoms with Crippen LogP contribution in [0, 0.1) is 0 Å². The predicted octanol–water partition coefficient (Wildman–Crippen LogP) is 6.03. The number of hydrogen-bond donors (Lipinski definition) is 0. The number of rotatable bonds is 10. The molecule has 0 spiro atoms. The number of halogens is 1. The molecule has 1 aromatic rings. The minimum atomic E-state index is 0.859. The van der Waals surface area contributed by atoms with Gasteiger partial charge in [-0.25, -0.2) is 0 Å². The lowest BCUT2D eigenvalue weighted by Crippen LogP contribution is -1.95. The molecule has 0 aliphatic carbocycles. The number of unbranched alkanes of at least 4 members (excludes halogenated alkanes) is 7. The van der Waals surface area contributed by atoms with E-state index >= 15 is 0 Å². The van der Waals surface area contributed by atoms with Crippen molar-refractivity contribution in [1.29, 1.82) is 0 Å². The number of thiophene rings is 1. The van der Waals surface area contributed by atoms with Crippen molar-refractivity contribution in [3.05, 3.63) is 15.2 Å². The first kappa shape index (κ1) is 15.0. The fraction of sp³-hybridized carbons (Fsp3) is 0.714. The molecule has 0 saturated heterocycles. The van der Waals surface area contributed by atoms with E-state index in [2.05, 4.69) is 28.2 Å². The Bertz CT molecular complexity index is 286. The molecule has 1 rings (SSSR count). The Balaban J connectivity index is 1.84. The van der Waals surface area contributed by atoms with Gasteiger partial charge in [0.15, 0.2) is 0 Å². The van der Waals surface area contributed by atoms with Gasteiger partial charge in [-0.3, -0.25) is 0 Å². The molecule has 1 heterocycles. The van der Waals surface area contributed by atoms with Gasteiger partial charge in [0.05, 0.1) is 10.4 Å². The summed E-state index contributed by atoms with van der Waals surface area (Å²) in [7, 11) is 0. The summed E-state index contributed by atoms with van der Waals surface area (Å²) >= 11 is 5.11. The van der Waals surface area contributed by atoms with E-state index in [-0.39, 0.29) is 0 Å². The Kier molecular flexibility index (Phi) is 8.81. The highest BCUT2D eigenvalue weighted by Gasteiger charge is 1.97. The van der Waals surface area contributed by atoms with Crippen molar-refractivity contribution in [1.82, 2.24) is 0 Å². The summed E-state index contributed by atoms with van der Waals surface area (Å²) in [5.41, 5.74) is 0. The largest absolute Gasteiger partial charge is 0.493 e. The van der Waals surface area contributed by atoms with Crippen LogP contribution in [-0.2, 0) is 0 Å². The van der Waals surface area contributed by atoms with Gasteiger partial charge in [0, 0.05) is 11.4 Å². The van der Waals surface area contributed by atoms with E-state index < -0.39 is 0 Å². The fourth-order valence-corrected chi connectivity index (χ4v) is 2.85. The molecule has 0 amide bonds. The molecule has 0 saturated carbocycles. The predicted molar refractivity (Wildman–Crippen MR) is 80.1 cm³/mol. The van der Waals surface area contributed by atoms with Gasteiger partial charge in [-0.05, 0) is 22.4 Å². The SMILES string of the molecule is CCCCCCCCCCOc1csc(Br)c1. The molecule has 3 heteroatoms. The highest BCUT2D eigenvalue weighted by molar-refractivity contribution is 9.11. The lowest BCUT2D eigenvalue weighted by Gasteiger charge is -2.03. The van der Waals surface area contributed by atoms with Crippen molar-refractivity contribution in [3.63, 3.8) is 0 Å². The second kappa shape index (κ2) is 9.95. The summed E-state index contributed by atoms with van der Waals surface area (Å²) in [6, 6.07) is 2.04. The summed E-state index contributed by atoms with van der Waals surface area (Å²) in [4.78, 5) is 0. The van der Waals surface area contributed by atoms with Crippen LogP contribution in [-0.4, -0.2) is 6.61 Å². The Morgan fingerprint density at radius 3 is 2.29 bits per heavy atom. The molecule has 0 N–H and O–H groups in total. The molecule has 0 aliphatic rings. The minimum Gasteiger partial charge on any atom is -0.493 e. The highest BCUT2D eigenvalue weighted by Crippen LogP contribution is 2.26. The van der Waals surface area contributed by atoms with E-state index in [1.807, 2.05) is 6.07 Å². The van der Waals surface area contributed by atoms with E-state index in [0.29, 0.717) is 0 Å². The van der Waals surface area contributed by atoms with Gasteiger partial charge in [-0.1, -0.05) is 51.9 Å². The maximum Gasteiger partial charge on any atom is 0.131 e. The smallest absolute Gasteiger partial charge is 0.131 e. The van der Waals surface area contributed by atoms with Crippen molar-refractivity contribution in [2.45, 2.75) is 58.3 Å². The van der Waals surface area contributed by atoms with Crippen LogP contribution in [0.2, 0.25) is 0 Å². The molecule has 0 atom stereocenters. The van der Waals surface area contributed by atoms with Crippen LogP contribution in [0.1, 0.15) is 58.3 Å². The monoisotopic (exact) mass is 318 g/mol. The molecule has 1 nitrogen and oxygen atoms in total. The molecule has 0 aromatic carbocycles. The molecule has 0 fully saturated rings. The summed E-state index contributed by atoms with van der Waals surface area (Å²) in [5, 5.41) is 2.05. The quantitative estimate of drug-likeness (QED) is 0.478. The normalized spacial score (nSPS) is 10.7. The van der Waals surface area contributed by atoms with Gasteiger partial charge < -0.3 is 4.74 Å². The average molecular weight is 319 g/mol. The third kappa shape index (κ3) is 7.82. The van der Waals surface area contributed by atoms with Gasteiger partial charge >= 0.3 is 0 Å². The van der Waals surface area contributed by atoms with E-state index in [0.717, 1.165) is 16.1 Å². The molecular weight excluding hydrogens is 296 g/mol. The van der Waals surface area contributed by atoms with Gasteiger partial charge in [0.1, 0.15) is 5.75 Å². The molecule has 0 aliphatic heterocycles. The minimum absolute atomic E-state index is 0.859. The first-order chi connectivity index (χ1) is 8.33. The van der Waals surface area contributed by atoms with Crippen LogP contribution in [0.15, 0.2) is 15.2 Å². The summed E-state index contributed by atoms with van der Waals surface area (Å²) in [5.74, 6) is 1.00. The van der Waals surface area contributed by atoms with E-state index in [4.69, 9.17) is 4.74 Å². The fourth-order valence-electron chi connectivity index (χ4n) is 1.80. The zero-order valence-corrected chi connectivity index (χ0v) is 13.1. The van der Waals surface area contributed by atoms with Crippen molar-refractivity contribution >= 4 is 27.3 Å². The van der Waals surface area contributed by atoms with Gasteiger partial charge in [0.2, 0.25) is 0 Å². The molecular formula is C14H23BrOS. The Labute approximate surface area is 118 Å². The van der Waals surface area contributed by atoms with Crippen molar-refractivity contribution in [3.8, 4) is 5.75 Å². The maximum atomic E-state index is 5.65. The molecule has 0 unspecified atom stereocenters. The summed E-state index contributed by atoms with van der Waals surface area (Å²) in [6.45, 7) is 3.12. The number of hydrogen-bond acceptors (Lipinski definition) is 2. The molecule has 0 radical (unpaired) electrons.